The third-order valence-electron chi connectivity index (χ3n) is 1.75. The fraction of sp³-hybridized carbons (Fsp3) is 0.273. The molecule has 70 valence electrons. The Kier molecular flexibility index (Phi) is 3.52. The summed E-state index contributed by atoms with van der Waals surface area (Å²) in [5.41, 5.74) is 0.696. The van der Waals surface area contributed by atoms with Crippen LogP contribution in [0.1, 0.15) is 18.9 Å². The van der Waals surface area contributed by atoms with Crippen molar-refractivity contribution >= 4 is 11.6 Å². The maximum atomic E-state index is 9.80. The molecule has 0 saturated carbocycles. The molecule has 0 saturated heterocycles. The first-order valence-corrected chi connectivity index (χ1v) is 4.69. The van der Waals surface area contributed by atoms with Crippen molar-refractivity contribution in [1.29, 1.82) is 0 Å². The second-order valence-electron chi connectivity index (χ2n) is 2.85. The fourth-order valence-corrected chi connectivity index (χ4v) is 1.26. The second kappa shape index (κ2) is 4.45. The molecule has 1 aromatic carbocycles. The first kappa shape index (κ1) is 10.3. The van der Waals surface area contributed by atoms with E-state index in [1.165, 1.54) is 0 Å². The summed E-state index contributed by atoms with van der Waals surface area (Å²) in [6.07, 6.45) is 4.31. The van der Waals surface area contributed by atoms with E-state index in [0.717, 1.165) is 6.42 Å². The smallest absolute Gasteiger partial charge is 0.183 e. The van der Waals surface area contributed by atoms with Crippen molar-refractivity contribution < 1.29 is 5.11 Å². The Morgan fingerprint density at radius 1 is 1.38 bits per heavy atom. The summed E-state index contributed by atoms with van der Waals surface area (Å²) in [5, 5.41) is 8.43. The van der Waals surface area contributed by atoms with E-state index < -0.39 is 5.06 Å². The minimum Gasteiger partial charge on any atom is -0.368 e. The van der Waals surface area contributed by atoms with Gasteiger partial charge in [-0.3, -0.25) is 0 Å². The van der Waals surface area contributed by atoms with Gasteiger partial charge in [-0.25, -0.2) is 0 Å². The molecule has 0 aliphatic heterocycles. The molecule has 1 atom stereocenters. The molecular formula is C11H13ClO. The SMILES string of the molecule is CCC=CC(O)(Cl)c1ccccc1. The van der Waals surface area contributed by atoms with Gasteiger partial charge in [-0.15, -0.1) is 0 Å². The van der Waals surface area contributed by atoms with Crippen LogP contribution in [-0.4, -0.2) is 5.11 Å². The Labute approximate surface area is 83.7 Å². The molecule has 0 amide bonds. The van der Waals surface area contributed by atoms with Gasteiger partial charge in [0, 0.05) is 5.56 Å². The molecule has 1 rings (SSSR count). The van der Waals surface area contributed by atoms with Gasteiger partial charge in [-0.2, -0.15) is 0 Å². The lowest BCUT2D eigenvalue weighted by Gasteiger charge is -2.16. The average Bonchev–Trinajstić information content (AvgIpc) is 2.16. The molecule has 1 nitrogen and oxygen atoms in total. The second-order valence-corrected chi connectivity index (χ2v) is 3.43. The van der Waals surface area contributed by atoms with Crippen LogP contribution in [0.25, 0.3) is 0 Å². The largest absolute Gasteiger partial charge is 0.368 e. The molecule has 13 heavy (non-hydrogen) atoms. The van der Waals surface area contributed by atoms with Gasteiger partial charge < -0.3 is 5.11 Å². The molecule has 0 heterocycles. The highest BCUT2D eigenvalue weighted by Crippen LogP contribution is 2.27. The topological polar surface area (TPSA) is 20.2 Å². The van der Waals surface area contributed by atoms with Crippen molar-refractivity contribution in [3.8, 4) is 0 Å². The zero-order valence-electron chi connectivity index (χ0n) is 7.57. The number of hydrogen-bond acceptors (Lipinski definition) is 1. The molecule has 0 fully saturated rings. The zero-order chi connectivity index (χ0) is 9.73. The Morgan fingerprint density at radius 2 is 2.00 bits per heavy atom. The van der Waals surface area contributed by atoms with E-state index in [1.807, 2.05) is 31.2 Å². The van der Waals surface area contributed by atoms with E-state index in [2.05, 4.69) is 0 Å². The number of rotatable bonds is 3. The van der Waals surface area contributed by atoms with Crippen molar-refractivity contribution in [2.24, 2.45) is 0 Å². The zero-order valence-corrected chi connectivity index (χ0v) is 8.33. The number of allylic oxidation sites excluding steroid dienone is 1. The van der Waals surface area contributed by atoms with Crippen LogP contribution in [0.15, 0.2) is 42.5 Å². The van der Waals surface area contributed by atoms with Crippen LogP contribution in [0.5, 0.6) is 0 Å². The third-order valence-corrected chi connectivity index (χ3v) is 2.10. The summed E-state index contributed by atoms with van der Waals surface area (Å²) in [7, 11) is 0. The van der Waals surface area contributed by atoms with Gasteiger partial charge >= 0.3 is 0 Å². The average molecular weight is 197 g/mol. The summed E-state index contributed by atoms with van der Waals surface area (Å²) in [4.78, 5) is 0. The lowest BCUT2D eigenvalue weighted by molar-refractivity contribution is 0.181. The third kappa shape index (κ3) is 2.87. The van der Waals surface area contributed by atoms with E-state index in [4.69, 9.17) is 11.6 Å². The highest BCUT2D eigenvalue weighted by atomic mass is 35.5. The highest BCUT2D eigenvalue weighted by Gasteiger charge is 2.21. The first-order valence-electron chi connectivity index (χ1n) is 4.31. The minimum atomic E-state index is -1.36. The molecule has 1 aromatic rings. The predicted molar refractivity (Wildman–Crippen MR) is 55.6 cm³/mol. The van der Waals surface area contributed by atoms with Gasteiger partial charge in [0.15, 0.2) is 5.06 Å². The van der Waals surface area contributed by atoms with E-state index >= 15 is 0 Å². The van der Waals surface area contributed by atoms with Crippen molar-refractivity contribution in [1.82, 2.24) is 0 Å². The van der Waals surface area contributed by atoms with Crippen molar-refractivity contribution in [2.45, 2.75) is 18.4 Å². The molecule has 0 aliphatic rings. The van der Waals surface area contributed by atoms with Crippen LogP contribution in [0.4, 0.5) is 0 Å². The van der Waals surface area contributed by atoms with Crippen LogP contribution >= 0.6 is 11.6 Å². The van der Waals surface area contributed by atoms with E-state index in [-0.39, 0.29) is 0 Å². The standard InChI is InChI=1S/C11H13ClO/c1-2-3-9-11(12,13)10-7-5-4-6-8-10/h3-9,13H,2H2,1H3. The monoisotopic (exact) mass is 196 g/mol. The Morgan fingerprint density at radius 3 is 2.54 bits per heavy atom. The number of benzene rings is 1. The van der Waals surface area contributed by atoms with Crippen molar-refractivity contribution in [2.75, 3.05) is 0 Å². The number of halogens is 1. The van der Waals surface area contributed by atoms with E-state index in [9.17, 15) is 5.11 Å². The molecule has 1 N–H and O–H groups in total. The highest BCUT2D eigenvalue weighted by molar-refractivity contribution is 6.24. The quantitative estimate of drug-likeness (QED) is 0.582. The first-order chi connectivity index (χ1) is 6.17. The molecule has 0 spiro atoms. The van der Waals surface area contributed by atoms with Crippen molar-refractivity contribution in [3.05, 3.63) is 48.0 Å². The minimum absolute atomic E-state index is 0.696. The normalized spacial score (nSPS) is 15.9. The summed E-state index contributed by atoms with van der Waals surface area (Å²) in [6, 6.07) is 9.19. The van der Waals surface area contributed by atoms with Crippen LogP contribution in [0, 0.1) is 0 Å². The summed E-state index contributed by atoms with van der Waals surface area (Å²) >= 11 is 5.91. The summed E-state index contributed by atoms with van der Waals surface area (Å²) < 4.78 is 0. The molecule has 0 aliphatic carbocycles. The van der Waals surface area contributed by atoms with E-state index in [0.29, 0.717) is 5.56 Å². The van der Waals surface area contributed by atoms with Crippen LogP contribution in [0.3, 0.4) is 0 Å². The van der Waals surface area contributed by atoms with Gasteiger partial charge in [-0.1, -0.05) is 54.9 Å². The Balaban J connectivity index is 2.87. The van der Waals surface area contributed by atoms with Crippen LogP contribution in [0.2, 0.25) is 0 Å². The fourth-order valence-electron chi connectivity index (χ4n) is 1.04. The van der Waals surface area contributed by atoms with Gasteiger partial charge in [0.25, 0.3) is 0 Å². The summed E-state index contributed by atoms with van der Waals surface area (Å²) in [5.74, 6) is 0. The number of alkyl halides is 1. The van der Waals surface area contributed by atoms with Gasteiger partial charge in [0.1, 0.15) is 0 Å². The van der Waals surface area contributed by atoms with Gasteiger partial charge in [0.05, 0.1) is 0 Å². The lowest BCUT2D eigenvalue weighted by atomic mass is 10.1. The molecule has 0 bridgehead atoms. The molecule has 0 radical (unpaired) electrons. The number of aliphatic hydroxyl groups is 1. The van der Waals surface area contributed by atoms with Crippen LogP contribution in [-0.2, 0) is 5.06 Å². The van der Waals surface area contributed by atoms with Gasteiger partial charge in [-0.05, 0) is 12.5 Å². The van der Waals surface area contributed by atoms with E-state index in [1.54, 1.807) is 18.2 Å². The molecular weight excluding hydrogens is 184 g/mol. The predicted octanol–water partition coefficient (Wildman–Crippen LogP) is 3.04. The molecule has 2 heteroatoms. The number of hydrogen-bond donors (Lipinski definition) is 1. The summed E-state index contributed by atoms with van der Waals surface area (Å²) in [6.45, 7) is 1.99. The molecule has 1 unspecified atom stereocenters. The maximum Gasteiger partial charge on any atom is 0.183 e. The Bertz CT molecular complexity index is 277. The van der Waals surface area contributed by atoms with Gasteiger partial charge in [0.2, 0.25) is 0 Å². The van der Waals surface area contributed by atoms with Crippen LogP contribution < -0.4 is 0 Å². The van der Waals surface area contributed by atoms with Crippen molar-refractivity contribution in [3.63, 3.8) is 0 Å². The Hall–Kier alpha value is -0.790. The molecule has 0 aromatic heterocycles. The maximum absolute atomic E-state index is 9.80. The lowest BCUT2D eigenvalue weighted by Crippen LogP contribution is -2.13.